The van der Waals surface area contributed by atoms with E-state index in [0.717, 1.165) is 0 Å². The minimum absolute atomic E-state index is 0.209. The number of benzene rings is 2. The van der Waals surface area contributed by atoms with Crippen LogP contribution in [0.1, 0.15) is 0 Å². The second-order valence-corrected chi connectivity index (χ2v) is 5.00. The Balaban J connectivity index is 2.12. The highest BCUT2D eigenvalue weighted by molar-refractivity contribution is 6.32. The zero-order chi connectivity index (χ0) is 16.1. The Morgan fingerprint density at radius 1 is 1.00 bits per heavy atom. The van der Waals surface area contributed by atoms with Crippen LogP contribution in [-0.2, 0) is 0 Å². The molecule has 0 saturated carbocycles. The van der Waals surface area contributed by atoms with E-state index in [1.807, 2.05) is 0 Å². The molecule has 0 aromatic heterocycles. The van der Waals surface area contributed by atoms with Gasteiger partial charge >= 0.3 is 6.09 Å². The lowest BCUT2D eigenvalue weighted by atomic mass is 10.3. The molecule has 116 valence electrons. The molecule has 0 radical (unpaired) electrons. The van der Waals surface area contributed by atoms with Gasteiger partial charge in [0.15, 0.2) is 5.75 Å². The highest BCUT2D eigenvalue weighted by atomic mass is 35.5. The minimum atomic E-state index is -0.715. The normalized spacial score (nSPS) is 10.0. The molecule has 2 aromatic rings. The second-order valence-electron chi connectivity index (χ2n) is 4.16. The average Bonchev–Trinajstić information content (AvgIpc) is 2.49. The minimum Gasteiger partial charge on any atom is -0.497 e. The maximum atomic E-state index is 11.9. The van der Waals surface area contributed by atoms with Crippen LogP contribution in [0.3, 0.4) is 0 Å². The molecule has 22 heavy (non-hydrogen) atoms. The van der Waals surface area contributed by atoms with Crippen LogP contribution >= 0.6 is 23.2 Å². The number of methoxy groups -OCH3 is 2. The van der Waals surface area contributed by atoms with Crippen LogP contribution in [0.15, 0.2) is 36.4 Å². The number of halogens is 2. The van der Waals surface area contributed by atoms with E-state index in [-0.39, 0.29) is 10.8 Å². The van der Waals surface area contributed by atoms with E-state index in [2.05, 4.69) is 5.32 Å². The summed E-state index contributed by atoms with van der Waals surface area (Å²) in [5.74, 6) is 1.23. The number of amides is 1. The summed E-state index contributed by atoms with van der Waals surface area (Å²) in [4.78, 5) is 11.9. The SMILES string of the molecule is COc1ccc(OC(=O)Nc2cc(Cl)ccc2OC)c(Cl)c1. The van der Waals surface area contributed by atoms with Crippen LogP contribution in [0, 0.1) is 0 Å². The number of hydrogen-bond acceptors (Lipinski definition) is 4. The number of hydrogen-bond donors (Lipinski definition) is 1. The highest BCUT2D eigenvalue weighted by Crippen LogP contribution is 2.30. The molecular weight excluding hydrogens is 329 g/mol. The van der Waals surface area contributed by atoms with Gasteiger partial charge < -0.3 is 14.2 Å². The van der Waals surface area contributed by atoms with Gasteiger partial charge in [-0.25, -0.2) is 4.79 Å². The summed E-state index contributed by atoms with van der Waals surface area (Å²) in [5.41, 5.74) is 0.393. The van der Waals surface area contributed by atoms with Gasteiger partial charge in [-0.2, -0.15) is 0 Å². The Morgan fingerprint density at radius 3 is 2.36 bits per heavy atom. The Labute approximate surface area is 137 Å². The Bertz CT molecular complexity index is 691. The summed E-state index contributed by atoms with van der Waals surface area (Å²) in [6.07, 6.45) is -0.715. The number of anilines is 1. The summed E-state index contributed by atoms with van der Waals surface area (Å²) < 4.78 is 15.3. The number of nitrogens with one attached hydrogen (secondary N) is 1. The first-order valence-corrected chi connectivity index (χ1v) is 6.95. The molecule has 0 aliphatic carbocycles. The lowest BCUT2D eigenvalue weighted by Gasteiger charge is -2.11. The quantitative estimate of drug-likeness (QED) is 0.881. The van der Waals surface area contributed by atoms with E-state index in [9.17, 15) is 4.79 Å². The second kappa shape index (κ2) is 7.24. The predicted molar refractivity (Wildman–Crippen MR) is 85.7 cm³/mol. The zero-order valence-electron chi connectivity index (χ0n) is 11.9. The molecule has 0 aliphatic rings. The number of carbonyl (C=O) groups excluding carboxylic acids is 1. The monoisotopic (exact) mass is 341 g/mol. The van der Waals surface area contributed by atoms with E-state index in [0.29, 0.717) is 22.2 Å². The molecule has 2 rings (SSSR count). The van der Waals surface area contributed by atoms with Crippen molar-refractivity contribution >= 4 is 35.0 Å². The first-order chi connectivity index (χ1) is 10.5. The fourth-order valence-electron chi connectivity index (χ4n) is 1.70. The van der Waals surface area contributed by atoms with Gasteiger partial charge in [0, 0.05) is 11.1 Å². The summed E-state index contributed by atoms with van der Waals surface area (Å²) in [6.45, 7) is 0. The third-order valence-electron chi connectivity index (χ3n) is 2.74. The Morgan fingerprint density at radius 2 is 1.73 bits per heavy atom. The molecule has 0 bridgehead atoms. The number of ether oxygens (including phenoxy) is 3. The topological polar surface area (TPSA) is 56.8 Å². The maximum Gasteiger partial charge on any atom is 0.417 e. The zero-order valence-corrected chi connectivity index (χ0v) is 13.4. The maximum absolute atomic E-state index is 11.9. The Kier molecular flexibility index (Phi) is 5.35. The standard InChI is InChI=1S/C15H13Cl2NO4/c1-20-10-4-6-13(11(17)8-10)22-15(19)18-12-7-9(16)3-5-14(12)21-2/h3-8H,1-2H3,(H,18,19). The first kappa shape index (κ1) is 16.3. The van der Waals surface area contributed by atoms with E-state index < -0.39 is 6.09 Å². The fourth-order valence-corrected chi connectivity index (χ4v) is 2.09. The van der Waals surface area contributed by atoms with Crippen molar-refractivity contribution in [3.8, 4) is 17.2 Å². The third kappa shape index (κ3) is 3.96. The van der Waals surface area contributed by atoms with Crippen LogP contribution < -0.4 is 19.5 Å². The van der Waals surface area contributed by atoms with Crippen molar-refractivity contribution in [3.63, 3.8) is 0 Å². The van der Waals surface area contributed by atoms with Crippen LogP contribution in [0.2, 0.25) is 10.0 Å². The largest absolute Gasteiger partial charge is 0.497 e. The van der Waals surface area contributed by atoms with Gasteiger partial charge in [-0.1, -0.05) is 23.2 Å². The predicted octanol–water partition coefficient (Wildman–Crippen LogP) is 4.62. The molecule has 0 heterocycles. The molecule has 0 aliphatic heterocycles. The molecule has 2 aromatic carbocycles. The molecule has 1 N–H and O–H groups in total. The summed E-state index contributed by atoms with van der Waals surface area (Å²) in [7, 11) is 3.00. The van der Waals surface area contributed by atoms with Gasteiger partial charge in [0.05, 0.1) is 24.9 Å². The lowest BCUT2D eigenvalue weighted by Crippen LogP contribution is -2.17. The summed E-state index contributed by atoms with van der Waals surface area (Å²) in [6, 6.07) is 9.56. The van der Waals surface area contributed by atoms with E-state index in [1.54, 1.807) is 30.3 Å². The van der Waals surface area contributed by atoms with E-state index in [4.69, 9.17) is 37.4 Å². The average molecular weight is 342 g/mol. The van der Waals surface area contributed by atoms with Crippen molar-refractivity contribution in [3.05, 3.63) is 46.4 Å². The van der Waals surface area contributed by atoms with Crippen molar-refractivity contribution in [2.24, 2.45) is 0 Å². The van der Waals surface area contributed by atoms with Crippen LogP contribution in [-0.4, -0.2) is 20.3 Å². The van der Waals surface area contributed by atoms with Gasteiger partial charge in [0.2, 0.25) is 0 Å². The van der Waals surface area contributed by atoms with Crippen LogP contribution in [0.4, 0.5) is 10.5 Å². The van der Waals surface area contributed by atoms with Crippen LogP contribution in [0.5, 0.6) is 17.2 Å². The molecule has 1 amide bonds. The molecule has 0 fully saturated rings. The Hall–Kier alpha value is -2.11. The first-order valence-electron chi connectivity index (χ1n) is 6.19. The number of carbonyl (C=O) groups is 1. The van der Waals surface area contributed by atoms with E-state index in [1.165, 1.54) is 20.3 Å². The number of rotatable bonds is 4. The molecule has 0 atom stereocenters. The van der Waals surface area contributed by atoms with Gasteiger partial charge in [0.25, 0.3) is 0 Å². The lowest BCUT2D eigenvalue weighted by molar-refractivity contribution is 0.215. The van der Waals surface area contributed by atoms with Crippen molar-refractivity contribution in [2.45, 2.75) is 0 Å². The molecule has 0 saturated heterocycles. The molecule has 5 nitrogen and oxygen atoms in total. The third-order valence-corrected chi connectivity index (χ3v) is 3.27. The molecule has 0 unspecified atom stereocenters. The molecule has 7 heteroatoms. The van der Waals surface area contributed by atoms with E-state index >= 15 is 0 Å². The fraction of sp³-hybridized carbons (Fsp3) is 0.133. The van der Waals surface area contributed by atoms with Crippen molar-refractivity contribution < 1.29 is 19.0 Å². The van der Waals surface area contributed by atoms with Crippen LogP contribution in [0.25, 0.3) is 0 Å². The summed E-state index contributed by atoms with van der Waals surface area (Å²) >= 11 is 11.9. The highest BCUT2D eigenvalue weighted by Gasteiger charge is 2.12. The smallest absolute Gasteiger partial charge is 0.417 e. The van der Waals surface area contributed by atoms with Crippen molar-refractivity contribution in [2.75, 3.05) is 19.5 Å². The van der Waals surface area contributed by atoms with Gasteiger partial charge in [-0.05, 0) is 30.3 Å². The van der Waals surface area contributed by atoms with Gasteiger partial charge in [-0.3, -0.25) is 5.32 Å². The van der Waals surface area contributed by atoms with Crippen molar-refractivity contribution in [1.29, 1.82) is 0 Å². The van der Waals surface area contributed by atoms with Crippen molar-refractivity contribution in [1.82, 2.24) is 0 Å². The van der Waals surface area contributed by atoms with Gasteiger partial charge in [0.1, 0.15) is 11.5 Å². The summed E-state index contributed by atoms with van der Waals surface area (Å²) in [5, 5.41) is 3.26. The molecular formula is C15H13Cl2NO4. The van der Waals surface area contributed by atoms with Gasteiger partial charge in [-0.15, -0.1) is 0 Å². The molecule has 0 spiro atoms.